The second kappa shape index (κ2) is 8.75. The Hall–Kier alpha value is -1.78. The molecule has 2 aromatic carbocycles. The van der Waals surface area contributed by atoms with Crippen LogP contribution in [0.25, 0.3) is 10.8 Å². The van der Waals surface area contributed by atoms with Gasteiger partial charge in [0.15, 0.2) is 0 Å². The molecule has 4 heteroatoms. The van der Waals surface area contributed by atoms with Crippen LogP contribution in [-0.4, -0.2) is 39.3 Å². The first-order valence-electron chi connectivity index (χ1n) is 8.85. The Bertz CT molecular complexity index is 563. The van der Waals surface area contributed by atoms with Gasteiger partial charge in [0, 0.05) is 24.5 Å². The fourth-order valence-electron chi connectivity index (χ4n) is 2.95. The fourth-order valence-corrected chi connectivity index (χ4v) is 2.95. The van der Waals surface area contributed by atoms with Crippen molar-refractivity contribution in [2.75, 3.05) is 49.9 Å². The molecule has 3 bridgehead atoms. The van der Waals surface area contributed by atoms with Gasteiger partial charge in [-0.25, -0.2) is 0 Å². The summed E-state index contributed by atoms with van der Waals surface area (Å²) in [4.78, 5) is 0. The van der Waals surface area contributed by atoms with Crippen LogP contribution in [-0.2, 0) is 0 Å². The van der Waals surface area contributed by atoms with Crippen molar-refractivity contribution in [2.45, 2.75) is 19.3 Å². The van der Waals surface area contributed by atoms with Crippen molar-refractivity contribution in [2.24, 2.45) is 0 Å². The Morgan fingerprint density at radius 1 is 0.522 bits per heavy atom. The van der Waals surface area contributed by atoms with E-state index in [9.17, 15) is 0 Å². The number of hydrogen-bond donors (Lipinski definition) is 4. The zero-order chi connectivity index (χ0) is 15.7. The molecule has 0 saturated carbocycles. The van der Waals surface area contributed by atoms with Gasteiger partial charge in [0.25, 0.3) is 0 Å². The zero-order valence-electron chi connectivity index (χ0n) is 13.8. The molecule has 0 spiro atoms. The quantitative estimate of drug-likeness (QED) is 0.604. The molecule has 0 aromatic heterocycles. The van der Waals surface area contributed by atoms with Gasteiger partial charge in [-0.1, -0.05) is 12.1 Å². The number of fused-ring (bicyclic) bond motifs is 2. The number of hydrogen-bond acceptors (Lipinski definition) is 4. The van der Waals surface area contributed by atoms with Gasteiger partial charge in [0.05, 0.1) is 0 Å². The fraction of sp³-hybridized carbons (Fsp3) is 0.474. The van der Waals surface area contributed by atoms with Crippen LogP contribution in [0.3, 0.4) is 0 Å². The molecule has 124 valence electrons. The van der Waals surface area contributed by atoms with Gasteiger partial charge in [-0.2, -0.15) is 0 Å². The third kappa shape index (κ3) is 5.12. The average Bonchev–Trinajstić information content (AvgIpc) is 2.58. The Morgan fingerprint density at radius 3 is 1.52 bits per heavy atom. The number of anilines is 2. The monoisotopic (exact) mass is 312 g/mol. The van der Waals surface area contributed by atoms with Crippen LogP contribution in [0.4, 0.5) is 11.4 Å². The first-order chi connectivity index (χ1) is 11.4. The molecular formula is C19H28N4. The van der Waals surface area contributed by atoms with E-state index < -0.39 is 0 Å². The lowest BCUT2D eigenvalue weighted by Gasteiger charge is -2.12. The van der Waals surface area contributed by atoms with Gasteiger partial charge in [0.1, 0.15) is 0 Å². The molecular weight excluding hydrogens is 284 g/mol. The second-order valence-corrected chi connectivity index (χ2v) is 6.19. The highest BCUT2D eigenvalue weighted by Crippen LogP contribution is 2.22. The standard InChI is InChI=1S/C19H28N4/c1-8-20-10-2-12-22-18-6-4-16-5-7-19(15-17(16)14-18)23-13-3-11-21-9-1/h4-7,14-15,20-23H,1-3,8-13H2. The molecule has 23 heavy (non-hydrogen) atoms. The van der Waals surface area contributed by atoms with Crippen molar-refractivity contribution in [3.8, 4) is 0 Å². The zero-order valence-corrected chi connectivity index (χ0v) is 13.8. The minimum absolute atomic E-state index is 1.01. The maximum Gasteiger partial charge on any atom is 0.0346 e. The molecule has 0 radical (unpaired) electrons. The van der Waals surface area contributed by atoms with Crippen molar-refractivity contribution in [3.05, 3.63) is 36.4 Å². The molecule has 0 amide bonds. The van der Waals surface area contributed by atoms with Crippen molar-refractivity contribution in [3.63, 3.8) is 0 Å². The topological polar surface area (TPSA) is 48.1 Å². The van der Waals surface area contributed by atoms with E-state index in [1.807, 2.05) is 0 Å². The SMILES string of the molecule is c1cc2ccc3cc2cc1NCCCNCCCNCCCN3. The first-order valence-corrected chi connectivity index (χ1v) is 8.85. The predicted molar refractivity (Wildman–Crippen MR) is 101 cm³/mol. The van der Waals surface area contributed by atoms with E-state index in [4.69, 9.17) is 0 Å². The summed E-state index contributed by atoms with van der Waals surface area (Å²) >= 11 is 0. The summed E-state index contributed by atoms with van der Waals surface area (Å²) < 4.78 is 0. The van der Waals surface area contributed by atoms with E-state index >= 15 is 0 Å². The Morgan fingerprint density at radius 2 is 1.00 bits per heavy atom. The van der Waals surface area contributed by atoms with E-state index in [2.05, 4.69) is 57.7 Å². The van der Waals surface area contributed by atoms with Crippen molar-refractivity contribution < 1.29 is 0 Å². The molecule has 3 rings (SSSR count). The third-order valence-electron chi connectivity index (χ3n) is 4.27. The molecule has 0 unspecified atom stereocenters. The van der Waals surface area contributed by atoms with Crippen LogP contribution in [0.15, 0.2) is 36.4 Å². The largest absolute Gasteiger partial charge is 0.385 e. The van der Waals surface area contributed by atoms with Gasteiger partial charge in [0.2, 0.25) is 0 Å². The Kier molecular flexibility index (Phi) is 6.12. The highest BCUT2D eigenvalue weighted by molar-refractivity contribution is 5.88. The van der Waals surface area contributed by atoms with Gasteiger partial charge >= 0.3 is 0 Å². The molecule has 0 atom stereocenters. The summed E-state index contributed by atoms with van der Waals surface area (Å²) in [5, 5.41) is 16.7. The molecule has 1 aliphatic rings. The van der Waals surface area contributed by atoms with Crippen LogP contribution in [0.1, 0.15) is 19.3 Å². The first kappa shape index (κ1) is 16.1. The molecule has 0 aliphatic carbocycles. The highest BCUT2D eigenvalue weighted by Gasteiger charge is 2.00. The minimum atomic E-state index is 1.01. The Balaban J connectivity index is 1.69. The second-order valence-electron chi connectivity index (χ2n) is 6.19. The van der Waals surface area contributed by atoms with Crippen LogP contribution >= 0.6 is 0 Å². The van der Waals surface area contributed by atoms with Crippen LogP contribution < -0.4 is 21.3 Å². The maximum absolute atomic E-state index is 3.53. The van der Waals surface area contributed by atoms with E-state index in [0.717, 1.165) is 52.1 Å². The third-order valence-corrected chi connectivity index (χ3v) is 4.27. The summed E-state index contributed by atoms with van der Waals surface area (Å²) in [5.41, 5.74) is 2.42. The molecule has 0 fully saturated rings. The summed E-state index contributed by atoms with van der Waals surface area (Å²) in [6.07, 6.45) is 3.49. The van der Waals surface area contributed by atoms with Gasteiger partial charge in [-0.05, 0) is 80.5 Å². The highest BCUT2D eigenvalue weighted by atomic mass is 14.9. The molecule has 1 heterocycles. The van der Waals surface area contributed by atoms with Crippen LogP contribution in [0, 0.1) is 0 Å². The Labute approximate surface area is 139 Å². The van der Waals surface area contributed by atoms with Crippen molar-refractivity contribution in [1.29, 1.82) is 0 Å². The number of benzene rings is 2. The smallest absolute Gasteiger partial charge is 0.0346 e. The summed E-state index contributed by atoms with van der Waals surface area (Å²) in [6, 6.07) is 13.2. The average molecular weight is 312 g/mol. The number of rotatable bonds is 0. The molecule has 2 aromatic rings. The van der Waals surface area contributed by atoms with Crippen molar-refractivity contribution in [1.82, 2.24) is 10.6 Å². The maximum atomic E-state index is 3.53. The molecule has 1 aliphatic heterocycles. The normalized spacial score (nSPS) is 18.1. The van der Waals surface area contributed by atoms with Gasteiger partial charge < -0.3 is 21.3 Å². The lowest BCUT2D eigenvalue weighted by molar-refractivity contribution is 0.583. The summed E-state index contributed by atoms with van der Waals surface area (Å²) in [6.45, 7) is 6.37. The molecule has 4 N–H and O–H groups in total. The van der Waals surface area contributed by atoms with Gasteiger partial charge in [-0.3, -0.25) is 0 Å². The van der Waals surface area contributed by atoms with Crippen LogP contribution in [0.5, 0.6) is 0 Å². The predicted octanol–water partition coefficient (Wildman–Crippen LogP) is 3.03. The van der Waals surface area contributed by atoms with E-state index in [0.29, 0.717) is 0 Å². The summed E-state index contributed by atoms with van der Waals surface area (Å²) in [7, 11) is 0. The van der Waals surface area contributed by atoms with E-state index in [1.54, 1.807) is 0 Å². The number of nitrogens with one attached hydrogen (secondary N) is 4. The summed E-state index contributed by atoms with van der Waals surface area (Å²) in [5.74, 6) is 0. The lowest BCUT2D eigenvalue weighted by Crippen LogP contribution is -2.25. The van der Waals surface area contributed by atoms with Gasteiger partial charge in [-0.15, -0.1) is 0 Å². The lowest BCUT2D eigenvalue weighted by atomic mass is 10.1. The van der Waals surface area contributed by atoms with E-state index in [-0.39, 0.29) is 0 Å². The van der Waals surface area contributed by atoms with Crippen molar-refractivity contribution >= 4 is 22.1 Å². The molecule has 0 saturated heterocycles. The molecule has 4 nitrogen and oxygen atoms in total. The minimum Gasteiger partial charge on any atom is -0.385 e. The van der Waals surface area contributed by atoms with Crippen LogP contribution in [0.2, 0.25) is 0 Å². The van der Waals surface area contributed by atoms with E-state index in [1.165, 1.54) is 28.6 Å².